The van der Waals surface area contributed by atoms with Crippen molar-refractivity contribution in [1.29, 1.82) is 0 Å². The number of nitrogens with zero attached hydrogens (tertiary/aromatic N) is 7. The molecule has 0 saturated heterocycles. The molecule has 0 unspecified atom stereocenters. The van der Waals surface area contributed by atoms with Crippen LogP contribution < -0.4 is 0 Å². The minimum Gasteiger partial charge on any atom is -0.196 e. The Morgan fingerprint density at radius 2 is 1.86 bits per heavy atom. The number of aromatic nitrogens is 3. The third-order valence-electron chi connectivity index (χ3n) is 1.95. The maximum atomic E-state index is 3.97. The van der Waals surface area contributed by atoms with Crippen molar-refractivity contribution in [2.45, 2.75) is 6.29 Å². The molecule has 14 heavy (non-hydrogen) atoms. The van der Waals surface area contributed by atoms with E-state index in [0.29, 0.717) is 0 Å². The zero-order valence-electron chi connectivity index (χ0n) is 7.02. The van der Waals surface area contributed by atoms with Crippen molar-refractivity contribution in [2.75, 3.05) is 0 Å². The van der Waals surface area contributed by atoms with Gasteiger partial charge < -0.3 is 0 Å². The number of para-hydroxylation sites is 1. The zero-order chi connectivity index (χ0) is 9.38. The predicted octanol–water partition coefficient (Wildman–Crippen LogP) is 1.72. The Labute approximate surface area is 78.1 Å². The number of benzene rings is 1. The smallest absolute Gasteiger partial charge is 0.196 e. The average molecular weight is 187 g/mol. The van der Waals surface area contributed by atoms with Gasteiger partial charge in [-0.1, -0.05) is 17.3 Å². The van der Waals surface area contributed by atoms with Crippen LogP contribution in [0.15, 0.2) is 44.9 Å². The highest BCUT2D eigenvalue weighted by molar-refractivity contribution is 5.73. The van der Waals surface area contributed by atoms with Gasteiger partial charge in [0.2, 0.25) is 0 Å². The molecular weight excluding hydrogens is 182 g/mol. The number of fused-ring (bicyclic) bond motifs is 1. The van der Waals surface area contributed by atoms with Gasteiger partial charge in [-0.15, -0.1) is 15.3 Å². The summed E-state index contributed by atoms with van der Waals surface area (Å²) in [5.41, 5.74) is 1.68. The van der Waals surface area contributed by atoms with Gasteiger partial charge in [0.15, 0.2) is 0 Å². The van der Waals surface area contributed by atoms with Gasteiger partial charge in [-0.05, 0) is 22.6 Å². The summed E-state index contributed by atoms with van der Waals surface area (Å²) >= 11 is 0. The zero-order valence-corrected chi connectivity index (χ0v) is 7.02. The Morgan fingerprint density at radius 1 is 1.07 bits per heavy atom. The van der Waals surface area contributed by atoms with Crippen molar-refractivity contribution in [3.63, 3.8) is 0 Å². The van der Waals surface area contributed by atoms with Gasteiger partial charge in [0, 0.05) is 0 Å². The topological polar surface area (TPSA) is 80.1 Å². The maximum Gasteiger partial charge on any atom is 0.278 e. The minimum absolute atomic E-state index is 0.498. The summed E-state index contributed by atoms with van der Waals surface area (Å²) in [6.45, 7) is 0. The molecule has 0 aliphatic carbocycles. The molecule has 0 radical (unpaired) electrons. The lowest BCUT2D eigenvalue weighted by Crippen LogP contribution is -2.03. The van der Waals surface area contributed by atoms with E-state index >= 15 is 0 Å². The molecule has 0 bridgehead atoms. The van der Waals surface area contributed by atoms with Gasteiger partial charge >= 0.3 is 0 Å². The van der Waals surface area contributed by atoms with Crippen LogP contribution in [0.2, 0.25) is 0 Å². The number of hydrogen-bond acceptors (Lipinski definition) is 6. The predicted molar refractivity (Wildman–Crippen MR) is 46.3 cm³/mol. The van der Waals surface area contributed by atoms with E-state index in [1.165, 1.54) is 0 Å². The second kappa shape index (κ2) is 2.66. The van der Waals surface area contributed by atoms with Crippen LogP contribution in [0.4, 0.5) is 0 Å². The minimum atomic E-state index is -0.498. The Bertz CT molecular complexity index is 514. The van der Waals surface area contributed by atoms with Crippen LogP contribution >= 0.6 is 0 Å². The first-order chi connectivity index (χ1) is 6.95. The lowest BCUT2D eigenvalue weighted by molar-refractivity contribution is 0.485. The summed E-state index contributed by atoms with van der Waals surface area (Å²) in [6, 6.07) is 7.59. The standard InChI is InChI=1S/C7H5N7/c1-2-4-6-5(3-1)8-13-14(6)7-9-11-12-10-7/h1-4,7H. The first-order valence-electron chi connectivity index (χ1n) is 4.05. The van der Waals surface area contributed by atoms with Crippen molar-refractivity contribution >= 4 is 11.0 Å². The van der Waals surface area contributed by atoms with Gasteiger partial charge in [0.05, 0.1) is 5.52 Å². The fourth-order valence-corrected chi connectivity index (χ4v) is 1.32. The monoisotopic (exact) mass is 187 g/mol. The van der Waals surface area contributed by atoms with Gasteiger partial charge in [-0.25, -0.2) is 0 Å². The third kappa shape index (κ3) is 0.920. The molecule has 1 aliphatic heterocycles. The third-order valence-corrected chi connectivity index (χ3v) is 1.95. The molecule has 0 saturated carbocycles. The summed E-state index contributed by atoms with van der Waals surface area (Å²) in [5.74, 6) is 0. The molecule has 0 fully saturated rings. The Kier molecular flexibility index (Phi) is 1.37. The normalized spacial score (nSPS) is 15.7. The number of hydrogen-bond donors (Lipinski definition) is 0. The lowest BCUT2D eigenvalue weighted by Gasteiger charge is -2.00. The molecule has 0 spiro atoms. The second-order valence-electron chi connectivity index (χ2n) is 2.78. The van der Waals surface area contributed by atoms with Crippen LogP contribution in [0.25, 0.3) is 11.0 Å². The van der Waals surface area contributed by atoms with E-state index in [4.69, 9.17) is 0 Å². The van der Waals surface area contributed by atoms with Gasteiger partial charge in [-0.3, -0.25) is 0 Å². The first kappa shape index (κ1) is 7.25. The van der Waals surface area contributed by atoms with Crippen molar-refractivity contribution in [3.05, 3.63) is 24.3 Å². The molecule has 7 heteroatoms. The molecule has 2 aromatic rings. The van der Waals surface area contributed by atoms with Crippen LogP contribution in [0, 0.1) is 0 Å². The highest BCUT2D eigenvalue weighted by Gasteiger charge is 2.15. The van der Waals surface area contributed by atoms with E-state index in [1.54, 1.807) is 4.68 Å². The van der Waals surface area contributed by atoms with Gasteiger partial charge in [-0.2, -0.15) is 4.68 Å². The maximum absolute atomic E-state index is 3.97. The van der Waals surface area contributed by atoms with Crippen LogP contribution in [-0.4, -0.2) is 15.0 Å². The Balaban J connectivity index is 2.21. The first-order valence-corrected chi connectivity index (χ1v) is 4.05. The van der Waals surface area contributed by atoms with Crippen molar-refractivity contribution in [2.24, 2.45) is 20.7 Å². The van der Waals surface area contributed by atoms with Crippen molar-refractivity contribution < 1.29 is 0 Å². The molecule has 1 aromatic carbocycles. The molecule has 1 aromatic heterocycles. The molecular formula is C7H5N7. The fourth-order valence-electron chi connectivity index (χ4n) is 1.32. The average Bonchev–Trinajstić information content (AvgIpc) is 2.85. The molecule has 7 nitrogen and oxygen atoms in total. The number of rotatable bonds is 1. The van der Waals surface area contributed by atoms with Crippen molar-refractivity contribution in [1.82, 2.24) is 15.0 Å². The van der Waals surface area contributed by atoms with Crippen LogP contribution in [0.5, 0.6) is 0 Å². The fraction of sp³-hybridized carbons (Fsp3) is 0.143. The summed E-state index contributed by atoms with van der Waals surface area (Å²) in [4.78, 5) is 0. The van der Waals surface area contributed by atoms with Crippen LogP contribution in [0.1, 0.15) is 6.29 Å². The van der Waals surface area contributed by atoms with E-state index < -0.39 is 6.29 Å². The van der Waals surface area contributed by atoms with Crippen LogP contribution in [0.3, 0.4) is 0 Å². The van der Waals surface area contributed by atoms with Gasteiger partial charge in [0.1, 0.15) is 5.52 Å². The highest BCUT2D eigenvalue weighted by Crippen LogP contribution is 2.20. The van der Waals surface area contributed by atoms with E-state index in [0.717, 1.165) is 11.0 Å². The Hall–Kier alpha value is -2.18. The molecule has 2 heterocycles. The molecule has 0 amide bonds. The summed E-state index contributed by atoms with van der Waals surface area (Å²) in [6.07, 6.45) is -0.498. The van der Waals surface area contributed by atoms with Crippen LogP contribution in [-0.2, 0) is 0 Å². The Morgan fingerprint density at radius 3 is 2.71 bits per heavy atom. The van der Waals surface area contributed by atoms with Gasteiger partial charge in [0.25, 0.3) is 6.29 Å². The summed E-state index contributed by atoms with van der Waals surface area (Å²) in [7, 11) is 0. The molecule has 3 rings (SSSR count). The van der Waals surface area contributed by atoms with E-state index in [9.17, 15) is 0 Å². The molecule has 1 aliphatic rings. The van der Waals surface area contributed by atoms with E-state index in [-0.39, 0.29) is 0 Å². The lowest BCUT2D eigenvalue weighted by atomic mass is 10.3. The highest BCUT2D eigenvalue weighted by atomic mass is 15.6. The molecule has 68 valence electrons. The SMILES string of the molecule is c1ccc2c(c1)nnn2C1N=NN=N1. The quantitative estimate of drug-likeness (QED) is 0.681. The second-order valence-corrected chi connectivity index (χ2v) is 2.78. The largest absolute Gasteiger partial charge is 0.278 e. The van der Waals surface area contributed by atoms with E-state index in [2.05, 4.69) is 31.0 Å². The summed E-state index contributed by atoms with van der Waals surface area (Å²) in [5, 5.41) is 22.3. The molecule has 0 N–H and O–H groups in total. The van der Waals surface area contributed by atoms with E-state index in [1.807, 2.05) is 24.3 Å². The molecule has 0 atom stereocenters. The summed E-state index contributed by atoms with van der Waals surface area (Å²) < 4.78 is 1.58. The van der Waals surface area contributed by atoms with Crippen molar-refractivity contribution in [3.8, 4) is 0 Å².